The third-order valence-electron chi connectivity index (χ3n) is 10.8. The summed E-state index contributed by atoms with van der Waals surface area (Å²) in [6, 6.07) is 5.15. The van der Waals surface area contributed by atoms with Gasteiger partial charge in [0.25, 0.3) is 5.91 Å². The predicted molar refractivity (Wildman–Crippen MR) is 156 cm³/mol. The Bertz CT molecular complexity index is 1430. The zero-order valence-electron chi connectivity index (χ0n) is 24.5. The van der Waals surface area contributed by atoms with Crippen LogP contribution in [0.25, 0.3) is 0 Å². The van der Waals surface area contributed by atoms with Crippen LogP contribution in [0.3, 0.4) is 0 Å². The SMILES string of the molecule is C=C[C@]1(C)C[C@@H](OC(=O)CSc2nc(N)n(C(=O)c3cccc(F)c3)n2)[C@]2(C)[C@H](C)CC[C@]3(CCC(=O)[C@H]32)[C@@H](C)[C@@H]1O. The largest absolute Gasteiger partial charge is 0.461 e. The smallest absolute Gasteiger partial charge is 0.316 e. The second kappa shape index (κ2) is 10.9. The fourth-order valence-electron chi connectivity index (χ4n) is 8.08. The van der Waals surface area contributed by atoms with Crippen LogP contribution in [0.2, 0.25) is 0 Å². The third-order valence-corrected chi connectivity index (χ3v) is 11.6. The van der Waals surface area contributed by atoms with E-state index in [1.165, 1.54) is 18.2 Å². The molecule has 2 bridgehead atoms. The van der Waals surface area contributed by atoms with Crippen molar-refractivity contribution >= 4 is 35.4 Å². The number of nitrogens with zero attached hydrogens (tertiary/aromatic N) is 3. The van der Waals surface area contributed by atoms with Crippen LogP contribution >= 0.6 is 11.8 Å². The van der Waals surface area contributed by atoms with Gasteiger partial charge in [-0.1, -0.05) is 51.6 Å². The van der Waals surface area contributed by atoms with Gasteiger partial charge in [-0.15, -0.1) is 11.7 Å². The van der Waals surface area contributed by atoms with E-state index in [2.05, 4.69) is 37.4 Å². The molecule has 0 saturated heterocycles. The maximum absolute atomic E-state index is 13.6. The van der Waals surface area contributed by atoms with Crippen molar-refractivity contribution in [3.63, 3.8) is 0 Å². The van der Waals surface area contributed by atoms with E-state index in [0.29, 0.717) is 12.8 Å². The number of aliphatic hydroxyl groups excluding tert-OH is 1. The number of carbonyl (C=O) groups excluding carboxylic acids is 3. The van der Waals surface area contributed by atoms with Gasteiger partial charge in [0.2, 0.25) is 11.1 Å². The summed E-state index contributed by atoms with van der Waals surface area (Å²) >= 11 is 0.965. The van der Waals surface area contributed by atoms with Crippen LogP contribution in [0, 0.1) is 39.8 Å². The van der Waals surface area contributed by atoms with Crippen LogP contribution in [-0.4, -0.2) is 55.5 Å². The normalized spacial score (nSPS) is 36.0. The summed E-state index contributed by atoms with van der Waals surface area (Å²) in [6.45, 7) is 12.3. The highest BCUT2D eigenvalue weighted by atomic mass is 32.2. The number of carbonyl (C=O) groups is 3. The summed E-state index contributed by atoms with van der Waals surface area (Å²) in [6.07, 6.45) is 3.64. The first-order chi connectivity index (χ1) is 19.8. The Morgan fingerprint density at radius 2 is 2.05 bits per heavy atom. The van der Waals surface area contributed by atoms with Crippen LogP contribution in [0.15, 0.2) is 42.1 Å². The van der Waals surface area contributed by atoms with E-state index in [-0.39, 0.29) is 51.4 Å². The molecule has 0 radical (unpaired) electrons. The van der Waals surface area contributed by atoms with Crippen LogP contribution in [0.4, 0.5) is 10.3 Å². The van der Waals surface area contributed by atoms with Gasteiger partial charge in [0.05, 0.1) is 11.9 Å². The lowest BCUT2D eigenvalue weighted by molar-refractivity contribution is -0.205. The zero-order chi connectivity index (χ0) is 30.6. The van der Waals surface area contributed by atoms with E-state index in [0.717, 1.165) is 41.8 Å². The molecule has 8 atom stereocenters. The molecule has 11 heteroatoms. The number of hydrogen-bond donors (Lipinski definition) is 2. The highest BCUT2D eigenvalue weighted by molar-refractivity contribution is 7.99. The average Bonchev–Trinajstić information content (AvgIpc) is 3.52. The minimum atomic E-state index is -0.747. The zero-order valence-corrected chi connectivity index (χ0v) is 25.3. The van der Waals surface area contributed by atoms with E-state index in [1.807, 2.05) is 6.92 Å². The standard InChI is InChI=1S/C31H39FN4O5S/c1-6-29(4)15-22(30(5)17(2)10-12-31(18(3)25(29)39)13-11-21(37)24(30)31)41-23(38)16-42-28-34-27(33)36(35-28)26(40)19-8-7-9-20(32)14-19/h6-9,14,17-18,22,24-25,39H,1,10-13,15-16H2,2-5H3,(H2,33,34,35)/t17-,18+,22-,24+,25+,29-,30+,31+/m1/s1. The molecule has 1 aromatic heterocycles. The molecule has 226 valence electrons. The van der Waals surface area contributed by atoms with Gasteiger partial charge < -0.3 is 15.6 Å². The number of nitrogen functional groups attached to an aromatic ring is 1. The third kappa shape index (κ3) is 4.78. The van der Waals surface area contributed by atoms with E-state index < -0.39 is 40.7 Å². The number of benzene rings is 1. The summed E-state index contributed by atoms with van der Waals surface area (Å²) in [7, 11) is 0. The Morgan fingerprint density at radius 3 is 2.74 bits per heavy atom. The van der Waals surface area contributed by atoms with Crippen molar-refractivity contribution < 1.29 is 28.6 Å². The van der Waals surface area contributed by atoms with Gasteiger partial charge in [0, 0.05) is 28.7 Å². The molecule has 0 amide bonds. The maximum Gasteiger partial charge on any atom is 0.316 e. The first-order valence-corrected chi connectivity index (χ1v) is 15.4. The van der Waals surface area contributed by atoms with Crippen molar-refractivity contribution in [1.82, 2.24) is 14.8 Å². The van der Waals surface area contributed by atoms with E-state index in [4.69, 9.17) is 10.5 Å². The molecule has 3 N–H and O–H groups in total. The molecule has 0 spiro atoms. The van der Waals surface area contributed by atoms with Crippen LogP contribution in [0.1, 0.15) is 70.2 Å². The Labute approximate surface area is 249 Å². The van der Waals surface area contributed by atoms with Crippen LogP contribution in [-0.2, 0) is 14.3 Å². The number of nitrogens with two attached hydrogens (primary N) is 1. The van der Waals surface area contributed by atoms with Crippen molar-refractivity contribution in [3.05, 3.63) is 48.3 Å². The van der Waals surface area contributed by atoms with E-state index in [9.17, 15) is 23.9 Å². The summed E-state index contributed by atoms with van der Waals surface area (Å²) in [5, 5.41) is 15.9. The predicted octanol–water partition coefficient (Wildman–Crippen LogP) is 4.69. The lowest BCUT2D eigenvalue weighted by atomic mass is 9.44. The lowest BCUT2D eigenvalue weighted by Gasteiger charge is -2.61. The van der Waals surface area contributed by atoms with Gasteiger partial charge in [-0.25, -0.2) is 4.39 Å². The fourth-order valence-corrected chi connectivity index (χ4v) is 8.69. The average molecular weight is 599 g/mol. The summed E-state index contributed by atoms with van der Waals surface area (Å²) in [4.78, 5) is 43.8. The molecule has 5 rings (SSSR count). The molecule has 0 aliphatic heterocycles. The lowest BCUT2D eigenvalue weighted by Crippen LogP contribution is -2.63. The number of ether oxygens (including phenoxy) is 1. The molecule has 0 unspecified atom stereocenters. The number of aliphatic hydroxyl groups is 1. The number of ketones is 1. The van der Waals surface area contributed by atoms with Gasteiger partial charge in [-0.3, -0.25) is 14.4 Å². The summed E-state index contributed by atoms with van der Waals surface area (Å²) < 4.78 is 20.7. The van der Waals surface area contributed by atoms with E-state index in [1.54, 1.807) is 6.08 Å². The van der Waals surface area contributed by atoms with Gasteiger partial charge in [-0.2, -0.15) is 9.67 Å². The summed E-state index contributed by atoms with van der Waals surface area (Å²) in [5.41, 5.74) is 4.26. The minimum absolute atomic E-state index is 0.0565. The molecule has 2 aromatic rings. The molecule has 1 aromatic carbocycles. The number of thioether (sulfide) groups is 1. The monoisotopic (exact) mass is 598 g/mol. The molecule has 9 nitrogen and oxygen atoms in total. The Morgan fingerprint density at radius 1 is 1.31 bits per heavy atom. The van der Waals surface area contributed by atoms with Gasteiger partial charge in [0.15, 0.2) is 0 Å². The fraction of sp³-hybridized carbons (Fsp3) is 0.581. The van der Waals surface area contributed by atoms with E-state index >= 15 is 0 Å². The first-order valence-electron chi connectivity index (χ1n) is 14.5. The van der Waals surface area contributed by atoms with Crippen molar-refractivity contribution in [2.45, 2.75) is 77.2 Å². The van der Waals surface area contributed by atoms with Crippen molar-refractivity contribution in [2.75, 3.05) is 11.5 Å². The van der Waals surface area contributed by atoms with Crippen LogP contribution < -0.4 is 5.73 Å². The molecule has 3 aliphatic rings. The number of esters is 1. The second-order valence-corrected chi connectivity index (χ2v) is 13.8. The van der Waals surface area contributed by atoms with Gasteiger partial charge in [0.1, 0.15) is 17.7 Å². The molecule has 42 heavy (non-hydrogen) atoms. The minimum Gasteiger partial charge on any atom is -0.461 e. The van der Waals surface area contributed by atoms with Crippen molar-refractivity contribution in [2.24, 2.45) is 34.0 Å². The molecular weight excluding hydrogens is 559 g/mol. The molecule has 3 aliphatic carbocycles. The number of aromatic nitrogens is 3. The quantitative estimate of drug-likeness (QED) is 0.276. The number of halogens is 1. The number of anilines is 1. The summed E-state index contributed by atoms with van der Waals surface area (Å²) in [5.74, 6) is -2.22. The molecule has 1 heterocycles. The van der Waals surface area contributed by atoms with Crippen LogP contribution in [0.5, 0.6) is 0 Å². The molecule has 3 saturated carbocycles. The topological polar surface area (TPSA) is 137 Å². The van der Waals surface area contributed by atoms with Gasteiger partial charge >= 0.3 is 5.97 Å². The molecular formula is C31H39FN4O5S. The maximum atomic E-state index is 13.6. The number of rotatable bonds is 6. The molecule has 3 fully saturated rings. The highest BCUT2D eigenvalue weighted by Crippen LogP contribution is 2.68. The Hall–Kier alpha value is -3.05. The number of hydrogen-bond acceptors (Lipinski definition) is 9. The Kier molecular flexibility index (Phi) is 7.89. The highest BCUT2D eigenvalue weighted by Gasteiger charge is 2.68. The Balaban J connectivity index is 1.38. The van der Waals surface area contributed by atoms with Crippen molar-refractivity contribution in [3.8, 4) is 0 Å². The second-order valence-electron chi connectivity index (χ2n) is 12.8. The first kappa shape index (κ1) is 30.4. The van der Waals surface area contributed by atoms with Crippen molar-refractivity contribution in [1.29, 1.82) is 0 Å². The van der Waals surface area contributed by atoms with Gasteiger partial charge in [-0.05, 0) is 61.1 Å². The number of Topliss-reactive ketones (excluding diaryl/α,β-unsaturated/α-hetero) is 1.